The van der Waals surface area contributed by atoms with Gasteiger partial charge in [-0.3, -0.25) is 14.7 Å². The van der Waals surface area contributed by atoms with Crippen molar-refractivity contribution < 1.29 is 14.3 Å². The van der Waals surface area contributed by atoms with Crippen molar-refractivity contribution in [2.75, 3.05) is 45.9 Å². The third-order valence-corrected chi connectivity index (χ3v) is 6.71. The SMILES string of the molecule is CCOC(=O)C1=C(CN2CCN(Cc3cccc(C)c3)CC2)N(CC)C(=O)N[C@@H]1c1ccccc1. The minimum absolute atomic E-state index is 0.178. The van der Waals surface area contributed by atoms with E-state index in [1.807, 2.05) is 44.2 Å². The van der Waals surface area contributed by atoms with Crippen molar-refractivity contribution >= 4 is 12.0 Å². The summed E-state index contributed by atoms with van der Waals surface area (Å²) in [6.07, 6.45) is 0. The number of aryl methyl sites for hydroxylation is 1. The first kappa shape index (κ1) is 24.9. The number of piperazine rings is 1. The fourth-order valence-electron chi connectivity index (χ4n) is 4.94. The number of rotatable bonds is 8. The molecule has 0 aliphatic carbocycles. The van der Waals surface area contributed by atoms with Gasteiger partial charge in [0.2, 0.25) is 0 Å². The topological polar surface area (TPSA) is 65.1 Å². The average Bonchev–Trinajstić information content (AvgIpc) is 2.86. The Morgan fingerprint density at radius 3 is 2.29 bits per heavy atom. The molecule has 1 saturated heterocycles. The zero-order valence-electron chi connectivity index (χ0n) is 21.0. The van der Waals surface area contributed by atoms with Crippen LogP contribution in [0.3, 0.4) is 0 Å². The molecule has 7 nitrogen and oxygen atoms in total. The molecule has 0 aromatic heterocycles. The van der Waals surface area contributed by atoms with Gasteiger partial charge in [0.05, 0.1) is 18.2 Å². The van der Waals surface area contributed by atoms with Crippen LogP contribution in [0.2, 0.25) is 0 Å². The van der Waals surface area contributed by atoms with Crippen LogP contribution in [0.4, 0.5) is 4.79 Å². The van der Waals surface area contributed by atoms with Gasteiger partial charge >= 0.3 is 12.0 Å². The fourth-order valence-corrected chi connectivity index (χ4v) is 4.94. The lowest BCUT2D eigenvalue weighted by Gasteiger charge is -2.40. The molecule has 2 aromatic rings. The van der Waals surface area contributed by atoms with E-state index in [-0.39, 0.29) is 18.6 Å². The largest absolute Gasteiger partial charge is 0.463 e. The van der Waals surface area contributed by atoms with Crippen molar-refractivity contribution in [2.24, 2.45) is 0 Å². The molecule has 35 heavy (non-hydrogen) atoms. The number of nitrogens with one attached hydrogen (secondary N) is 1. The van der Waals surface area contributed by atoms with E-state index in [4.69, 9.17) is 4.74 Å². The maximum absolute atomic E-state index is 13.2. The first-order chi connectivity index (χ1) is 17.0. The summed E-state index contributed by atoms with van der Waals surface area (Å²) in [5, 5.41) is 3.03. The molecule has 0 spiro atoms. The smallest absolute Gasteiger partial charge is 0.338 e. The molecular weight excluding hydrogens is 440 g/mol. The van der Waals surface area contributed by atoms with Crippen LogP contribution >= 0.6 is 0 Å². The normalized spacial score (nSPS) is 19.6. The molecule has 0 saturated carbocycles. The number of likely N-dealkylation sites (N-methyl/N-ethyl adjacent to an activating group) is 1. The molecule has 2 aromatic carbocycles. The fraction of sp³-hybridized carbons (Fsp3) is 0.429. The minimum Gasteiger partial charge on any atom is -0.463 e. The first-order valence-electron chi connectivity index (χ1n) is 12.5. The Morgan fingerprint density at radius 2 is 1.66 bits per heavy atom. The lowest BCUT2D eigenvalue weighted by Crippen LogP contribution is -2.53. The van der Waals surface area contributed by atoms with E-state index < -0.39 is 6.04 Å². The molecule has 1 N–H and O–H groups in total. The third-order valence-electron chi connectivity index (χ3n) is 6.71. The average molecular weight is 477 g/mol. The van der Waals surface area contributed by atoms with Gasteiger partial charge in [-0.1, -0.05) is 60.2 Å². The number of urea groups is 1. The van der Waals surface area contributed by atoms with E-state index >= 15 is 0 Å². The van der Waals surface area contributed by atoms with Gasteiger partial charge in [0, 0.05) is 51.5 Å². The summed E-state index contributed by atoms with van der Waals surface area (Å²) < 4.78 is 5.47. The van der Waals surface area contributed by atoms with E-state index in [0.29, 0.717) is 18.7 Å². The van der Waals surface area contributed by atoms with Gasteiger partial charge in [-0.05, 0) is 31.9 Å². The summed E-state index contributed by atoms with van der Waals surface area (Å²) >= 11 is 0. The highest BCUT2D eigenvalue weighted by Crippen LogP contribution is 2.32. The second-order valence-electron chi connectivity index (χ2n) is 9.16. The molecule has 0 radical (unpaired) electrons. The van der Waals surface area contributed by atoms with Gasteiger partial charge in [0.1, 0.15) is 0 Å². The molecule has 2 aliphatic rings. The molecular formula is C28H36N4O3. The Balaban J connectivity index is 1.55. The number of carbonyl (C=O) groups excluding carboxylic acids is 2. The number of nitrogens with zero attached hydrogens (tertiary/aromatic N) is 3. The Kier molecular flexibility index (Phi) is 8.21. The summed E-state index contributed by atoms with van der Waals surface area (Å²) in [6, 6.07) is 17.6. The summed E-state index contributed by atoms with van der Waals surface area (Å²) in [4.78, 5) is 32.8. The summed E-state index contributed by atoms with van der Waals surface area (Å²) in [6.45, 7) is 11.7. The third kappa shape index (κ3) is 5.92. The number of amides is 2. The Hall–Kier alpha value is -3.16. The van der Waals surface area contributed by atoms with E-state index in [1.54, 1.807) is 4.90 Å². The number of hydrogen-bond acceptors (Lipinski definition) is 5. The molecule has 1 fully saturated rings. The quantitative estimate of drug-likeness (QED) is 0.589. The number of carbonyl (C=O) groups is 2. The number of ether oxygens (including phenoxy) is 1. The standard InChI is InChI=1S/C28H36N4O3/c1-4-32-24(20-31-16-14-30(15-17-31)19-22-11-9-10-21(3)18-22)25(27(33)35-5-2)26(29-28(32)34)23-12-7-6-8-13-23/h6-13,18,26H,4-5,14-17,19-20H2,1-3H3,(H,29,34)/t26-/m1/s1. The molecule has 0 unspecified atom stereocenters. The molecule has 1 atom stereocenters. The molecule has 2 heterocycles. The summed E-state index contributed by atoms with van der Waals surface area (Å²) in [5.74, 6) is -0.368. The number of hydrogen-bond donors (Lipinski definition) is 1. The maximum atomic E-state index is 13.2. The first-order valence-corrected chi connectivity index (χ1v) is 12.5. The predicted octanol–water partition coefficient (Wildman–Crippen LogP) is 3.72. The Labute approximate surface area is 208 Å². The van der Waals surface area contributed by atoms with Crippen LogP contribution in [0.15, 0.2) is 65.9 Å². The molecule has 186 valence electrons. The lowest BCUT2D eigenvalue weighted by molar-refractivity contribution is -0.139. The Morgan fingerprint density at radius 1 is 0.971 bits per heavy atom. The van der Waals surface area contributed by atoms with E-state index in [0.717, 1.165) is 44.0 Å². The molecule has 2 amide bonds. The monoisotopic (exact) mass is 476 g/mol. The maximum Gasteiger partial charge on any atom is 0.338 e. The zero-order chi connectivity index (χ0) is 24.8. The van der Waals surface area contributed by atoms with Crippen LogP contribution < -0.4 is 5.32 Å². The van der Waals surface area contributed by atoms with Crippen molar-refractivity contribution in [3.8, 4) is 0 Å². The van der Waals surface area contributed by atoms with Crippen molar-refractivity contribution in [3.05, 3.63) is 82.6 Å². The van der Waals surface area contributed by atoms with Gasteiger partial charge in [-0.15, -0.1) is 0 Å². The van der Waals surface area contributed by atoms with Crippen molar-refractivity contribution in [3.63, 3.8) is 0 Å². The van der Waals surface area contributed by atoms with Crippen molar-refractivity contribution in [1.29, 1.82) is 0 Å². The van der Waals surface area contributed by atoms with Crippen LogP contribution in [-0.2, 0) is 16.1 Å². The van der Waals surface area contributed by atoms with Crippen LogP contribution in [0, 0.1) is 6.92 Å². The summed E-state index contributed by atoms with van der Waals surface area (Å²) in [7, 11) is 0. The lowest BCUT2D eigenvalue weighted by atomic mass is 9.94. The Bertz CT molecular complexity index is 1060. The van der Waals surface area contributed by atoms with Gasteiger partial charge in [-0.2, -0.15) is 0 Å². The van der Waals surface area contributed by atoms with Gasteiger partial charge in [0.25, 0.3) is 0 Å². The van der Waals surface area contributed by atoms with Gasteiger partial charge in [-0.25, -0.2) is 9.59 Å². The highest BCUT2D eigenvalue weighted by atomic mass is 16.5. The molecule has 2 aliphatic heterocycles. The van der Waals surface area contributed by atoms with E-state index in [2.05, 4.69) is 46.3 Å². The zero-order valence-corrected chi connectivity index (χ0v) is 21.0. The number of benzene rings is 2. The van der Waals surface area contributed by atoms with Crippen LogP contribution in [0.25, 0.3) is 0 Å². The second kappa shape index (κ2) is 11.5. The molecule has 7 heteroatoms. The van der Waals surface area contributed by atoms with Crippen molar-refractivity contribution in [1.82, 2.24) is 20.0 Å². The molecule has 4 rings (SSSR count). The number of esters is 1. The highest BCUT2D eigenvalue weighted by Gasteiger charge is 2.38. The van der Waals surface area contributed by atoms with Gasteiger partial charge in [0.15, 0.2) is 0 Å². The van der Waals surface area contributed by atoms with Crippen molar-refractivity contribution in [2.45, 2.75) is 33.4 Å². The van der Waals surface area contributed by atoms with Crippen LogP contribution in [0.5, 0.6) is 0 Å². The van der Waals surface area contributed by atoms with Gasteiger partial charge < -0.3 is 10.1 Å². The predicted molar refractivity (Wildman–Crippen MR) is 137 cm³/mol. The van der Waals surface area contributed by atoms with Crippen LogP contribution in [0.1, 0.15) is 36.6 Å². The molecule has 0 bridgehead atoms. The second-order valence-corrected chi connectivity index (χ2v) is 9.16. The van der Waals surface area contributed by atoms with Crippen LogP contribution in [-0.4, -0.2) is 72.6 Å². The minimum atomic E-state index is -0.525. The van der Waals surface area contributed by atoms with E-state index in [1.165, 1.54) is 11.1 Å². The van der Waals surface area contributed by atoms with E-state index in [9.17, 15) is 9.59 Å². The highest BCUT2D eigenvalue weighted by molar-refractivity contribution is 5.95. The summed E-state index contributed by atoms with van der Waals surface area (Å²) in [5.41, 5.74) is 4.76.